The fraction of sp³-hybridized carbons (Fsp3) is 0.471. The largest absolute Gasteiger partial charge is 0.495 e. The summed E-state index contributed by atoms with van der Waals surface area (Å²) in [6.07, 6.45) is -0.499. The molecule has 0 spiro atoms. The molecule has 1 N–H and O–H groups in total. The third kappa shape index (κ3) is 4.27. The first-order chi connectivity index (χ1) is 12.7. The van der Waals surface area contributed by atoms with E-state index in [1.54, 1.807) is 11.0 Å². The van der Waals surface area contributed by atoms with Crippen LogP contribution in [0.3, 0.4) is 0 Å². The predicted molar refractivity (Wildman–Crippen MR) is 103 cm³/mol. The zero-order chi connectivity index (χ0) is 19.8. The normalized spacial score (nSPS) is 24.8. The zero-order valence-corrected chi connectivity index (χ0v) is 16.5. The number of carboxylic acid groups (broad SMARTS) is 1. The summed E-state index contributed by atoms with van der Waals surface area (Å²) in [5.74, 6) is -1.06. The van der Waals surface area contributed by atoms with Gasteiger partial charge in [0.2, 0.25) is 5.91 Å². The lowest BCUT2D eigenvalue weighted by atomic mass is 10.1. The number of aryl methyl sites for hydroxylation is 1. The van der Waals surface area contributed by atoms with Crippen LogP contribution in [-0.2, 0) is 19.4 Å². The van der Waals surface area contributed by atoms with Crippen molar-refractivity contribution in [3.05, 3.63) is 23.8 Å². The van der Waals surface area contributed by atoms with Crippen molar-refractivity contribution in [3.63, 3.8) is 0 Å². The number of amides is 1. The lowest BCUT2D eigenvalue weighted by Crippen LogP contribution is -2.38. The lowest BCUT2D eigenvalue weighted by molar-refractivity contribution is -0.138. The van der Waals surface area contributed by atoms with Crippen molar-refractivity contribution in [2.75, 3.05) is 23.5 Å². The summed E-state index contributed by atoms with van der Waals surface area (Å²) in [7, 11) is -1.65. The lowest BCUT2D eigenvalue weighted by Gasteiger charge is -2.26. The molecule has 0 aromatic heterocycles. The summed E-state index contributed by atoms with van der Waals surface area (Å²) >= 11 is 1.25. The van der Waals surface area contributed by atoms with Crippen LogP contribution in [0.25, 0.3) is 0 Å². The number of rotatable bonds is 5. The molecule has 0 saturated carbocycles. The molecule has 27 heavy (non-hydrogen) atoms. The van der Waals surface area contributed by atoms with Crippen LogP contribution in [-0.4, -0.2) is 60.5 Å². The van der Waals surface area contributed by atoms with Gasteiger partial charge < -0.3 is 14.7 Å². The second kappa shape index (κ2) is 7.51. The Morgan fingerprint density at radius 2 is 2.07 bits per heavy atom. The van der Waals surface area contributed by atoms with Gasteiger partial charge in [0, 0.05) is 11.7 Å². The molecule has 2 saturated heterocycles. The van der Waals surface area contributed by atoms with E-state index in [9.17, 15) is 18.0 Å². The van der Waals surface area contributed by atoms with Gasteiger partial charge in [0.05, 0.1) is 36.8 Å². The van der Waals surface area contributed by atoms with E-state index in [1.165, 1.54) is 18.9 Å². The van der Waals surface area contributed by atoms with E-state index in [2.05, 4.69) is 4.99 Å². The van der Waals surface area contributed by atoms with E-state index in [-0.39, 0.29) is 35.6 Å². The number of ether oxygens (including phenoxy) is 1. The molecule has 0 unspecified atom stereocenters. The molecule has 0 aliphatic carbocycles. The number of aliphatic carboxylic acids is 1. The molecule has 1 amide bonds. The van der Waals surface area contributed by atoms with Crippen molar-refractivity contribution >= 4 is 44.3 Å². The smallest absolute Gasteiger partial charge is 0.303 e. The zero-order valence-electron chi connectivity index (χ0n) is 14.9. The van der Waals surface area contributed by atoms with Crippen molar-refractivity contribution in [2.45, 2.75) is 31.1 Å². The summed E-state index contributed by atoms with van der Waals surface area (Å²) in [6, 6.07) is 5.19. The first-order valence-electron chi connectivity index (χ1n) is 8.34. The Balaban J connectivity index is 2.00. The molecule has 1 aromatic carbocycles. The fourth-order valence-electron chi connectivity index (χ4n) is 3.21. The van der Waals surface area contributed by atoms with E-state index in [0.717, 1.165) is 5.56 Å². The first-order valence-corrected chi connectivity index (χ1v) is 11.0. The highest BCUT2D eigenvalue weighted by molar-refractivity contribution is 8.16. The number of hydrogen-bond acceptors (Lipinski definition) is 6. The Morgan fingerprint density at radius 1 is 1.33 bits per heavy atom. The van der Waals surface area contributed by atoms with E-state index in [1.807, 2.05) is 19.1 Å². The molecule has 2 aliphatic rings. The highest BCUT2D eigenvalue weighted by atomic mass is 32.2. The van der Waals surface area contributed by atoms with Crippen LogP contribution < -0.4 is 9.64 Å². The highest BCUT2D eigenvalue weighted by Gasteiger charge is 2.50. The predicted octanol–water partition coefficient (Wildman–Crippen LogP) is 1.47. The number of aliphatic imine (C=N–C) groups is 1. The molecular formula is C17H20N2O6S2. The van der Waals surface area contributed by atoms with Gasteiger partial charge in [-0.25, -0.2) is 8.42 Å². The van der Waals surface area contributed by atoms with Gasteiger partial charge in [-0.2, -0.15) is 4.99 Å². The Labute approximate surface area is 161 Å². The number of fused-ring (bicyclic) bond motifs is 1. The summed E-state index contributed by atoms with van der Waals surface area (Å²) in [5.41, 5.74) is 1.61. The maximum Gasteiger partial charge on any atom is 0.303 e. The molecule has 3 rings (SSSR count). The van der Waals surface area contributed by atoms with Crippen LogP contribution in [0.5, 0.6) is 5.75 Å². The third-order valence-electron chi connectivity index (χ3n) is 4.43. The van der Waals surface area contributed by atoms with Gasteiger partial charge in [0.25, 0.3) is 0 Å². The van der Waals surface area contributed by atoms with Gasteiger partial charge in [-0.05, 0) is 24.6 Å². The summed E-state index contributed by atoms with van der Waals surface area (Å²) in [5, 5.41) is 8.90. The number of amidine groups is 1. The average molecular weight is 412 g/mol. The Kier molecular flexibility index (Phi) is 5.48. The molecular weight excluding hydrogens is 392 g/mol. The van der Waals surface area contributed by atoms with Crippen molar-refractivity contribution in [3.8, 4) is 5.75 Å². The van der Waals surface area contributed by atoms with Crippen LogP contribution in [0.4, 0.5) is 5.69 Å². The minimum Gasteiger partial charge on any atom is -0.495 e. The molecule has 2 aliphatic heterocycles. The monoisotopic (exact) mass is 412 g/mol. The summed E-state index contributed by atoms with van der Waals surface area (Å²) in [4.78, 5) is 28.6. The number of hydrogen-bond donors (Lipinski definition) is 1. The minimum atomic E-state index is -3.17. The van der Waals surface area contributed by atoms with Gasteiger partial charge >= 0.3 is 5.97 Å². The van der Waals surface area contributed by atoms with Gasteiger partial charge in [0.1, 0.15) is 5.75 Å². The second-order valence-corrected chi connectivity index (χ2v) is 9.89. The number of nitrogens with zero attached hydrogens (tertiary/aromatic N) is 2. The first kappa shape index (κ1) is 19.7. The van der Waals surface area contributed by atoms with Crippen LogP contribution in [0, 0.1) is 6.92 Å². The van der Waals surface area contributed by atoms with E-state index in [4.69, 9.17) is 9.84 Å². The molecule has 2 heterocycles. The van der Waals surface area contributed by atoms with Crippen molar-refractivity contribution in [1.82, 2.24) is 0 Å². The maximum atomic E-state index is 12.1. The van der Waals surface area contributed by atoms with E-state index in [0.29, 0.717) is 16.6 Å². The Hall–Kier alpha value is -2.07. The number of benzene rings is 1. The number of carboxylic acids is 1. The quantitative estimate of drug-likeness (QED) is 0.773. The maximum absolute atomic E-state index is 12.1. The fourth-order valence-corrected chi connectivity index (χ4v) is 7.14. The van der Waals surface area contributed by atoms with Crippen LogP contribution in [0.1, 0.15) is 18.4 Å². The molecule has 8 nitrogen and oxygen atoms in total. The van der Waals surface area contributed by atoms with Crippen molar-refractivity contribution in [1.29, 1.82) is 0 Å². The molecule has 2 atom stereocenters. The Morgan fingerprint density at radius 3 is 2.74 bits per heavy atom. The second-order valence-electron chi connectivity index (χ2n) is 6.53. The summed E-state index contributed by atoms with van der Waals surface area (Å²) < 4.78 is 29.6. The molecule has 1 aromatic rings. The number of carbonyl (C=O) groups is 2. The Bertz CT molecular complexity index is 912. The van der Waals surface area contributed by atoms with Crippen LogP contribution in [0.15, 0.2) is 23.2 Å². The molecule has 10 heteroatoms. The summed E-state index contributed by atoms with van der Waals surface area (Å²) in [6.45, 7) is 1.91. The van der Waals surface area contributed by atoms with E-state index < -0.39 is 21.7 Å². The van der Waals surface area contributed by atoms with Crippen molar-refractivity contribution < 1.29 is 27.9 Å². The average Bonchev–Trinajstić information content (AvgIpc) is 3.03. The molecule has 0 bridgehead atoms. The third-order valence-corrected chi connectivity index (χ3v) is 7.64. The van der Waals surface area contributed by atoms with Gasteiger partial charge in [0.15, 0.2) is 15.0 Å². The number of anilines is 1. The van der Waals surface area contributed by atoms with Crippen molar-refractivity contribution in [2.24, 2.45) is 4.99 Å². The van der Waals surface area contributed by atoms with Crippen LogP contribution in [0.2, 0.25) is 0 Å². The van der Waals surface area contributed by atoms with E-state index >= 15 is 0 Å². The molecule has 0 radical (unpaired) electrons. The molecule has 146 valence electrons. The SMILES string of the molecule is COc1ccc(C)cc1N1C(=NC(=O)CCC(=O)O)S[C@H]2CS(=O)(=O)C[C@H]21. The van der Waals surface area contributed by atoms with Gasteiger partial charge in [-0.1, -0.05) is 17.8 Å². The number of thioether (sulfide) groups is 1. The standard InChI is InChI=1S/C17H20N2O6S2/c1-10-3-4-13(25-2)11(7-10)19-12-8-27(23,24)9-14(12)26-17(19)18-15(20)5-6-16(21)22/h3-4,7,12,14H,5-6,8-9H2,1-2H3,(H,21,22)/t12-,14+/m1/s1. The number of methoxy groups -OCH3 is 1. The molecule has 2 fully saturated rings. The minimum absolute atomic E-state index is 0.0231. The van der Waals surface area contributed by atoms with Gasteiger partial charge in [-0.3, -0.25) is 9.59 Å². The number of carbonyl (C=O) groups excluding carboxylic acids is 1. The highest BCUT2D eigenvalue weighted by Crippen LogP contribution is 2.44. The van der Waals surface area contributed by atoms with Gasteiger partial charge in [-0.15, -0.1) is 0 Å². The van der Waals surface area contributed by atoms with Crippen LogP contribution >= 0.6 is 11.8 Å². The number of sulfone groups is 1. The topological polar surface area (TPSA) is 113 Å².